The van der Waals surface area contributed by atoms with E-state index in [-0.39, 0.29) is 18.3 Å². The van der Waals surface area contributed by atoms with Gasteiger partial charge in [-0.2, -0.15) is 0 Å². The van der Waals surface area contributed by atoms with E-state index < -0.39 is 5.97 Å². The number of anilines is 1. The SMILES string of the molecule is CCCOC(=O)COc1ccc(C(=O)Nc2ccc(F)cc2)cc1. The Bertz CT molecular complexity index is 683. The first-order valence-corrected chi connectivity index (χ1v) is 7.54. The van der Waals surface area contributed by atoms with Gasteiger partial charge in [0.1, 0.15) is 11.6 Å². The van der Waals surface area contributed by atoms with Crippen LogP contribution in [0.3, 0.4) is 0 Å². The monoisotopic (exact) mass is 331 g/mol. The van der Waals surface area contributed by atoms with Gasteiger partial charge in [-0.1, -0.05) is 6.92 Å². The van der Waals surface area contributed by atoms with Crippen molar-refractivity contribution in [3.05, 3.63) is 59.9 Å². The molecule has 24 heavy (non-hydrogen) atoms. The molecule has 0 aliphatic carbocycles. The lowest BCUT2D eigenvalue weighted by atomic mass is 10.2. The summed E-state index contributed by atoms with van der Waals surface area (Å²) in [6.45, 7) is 2.09. The first-order chi connectivity index (χ1) is 11.6. The molecule has 2 aromatic rings. The van der Waals surface area contributed by atoms with E-state index in [2.05, 4.69) is 5.32 Å². The highest BCUT2D eigenvalue weighted by atomic mass is 19.1. The summed E-state index contributed by atoms with van der Waals surface area (Å²) >= 11 is 0. The average Bonchev–Trinajstić information content (AvgIpc) is 2.60. The highest BCUT2D eigenvalue weighted by molar-refractivity contribution is 6.04. The summed E-state index contributed by atoms with van der Waals surface area (Å²) in [7, 11) is 0. The molecular weight excluding hydrogens is 313 g/mol. The lowest BCUT2D eigenvalue weighted by Gasteiger charge is -2.08. The predicted octanol–water partition coefficient (Wildman–Crippen LogP) is 3.41. The van der Waals surface area contributed by atoms with Crippen LogP contribution in [-0.2, 0) is 9.53 Å². The predicted molar refractivity (Wildman–Crippen MR) is 87.5 cm³/mol. The number of carbonyl (C=O) groups is 2. The molecule has 6 heteroatoms. The van der Waals surface area contributed by atoms with Crippen LogP contribution in [-0.4, -0.2) is 25.1 Å². The quantitative estimate of drug-likeness (QED) is 0.790. The third kappa shape index (κ3) is 5.39. The number of rotatable bonds is 7. The van der Waals surface area contributed by atoms with Crippen molar-refractivity contribution >= 4 is 17.6 Å². The maximum absolute atomic E-state index is 12.8. The van der Waals surface area contributed by atoms with Gasteiger partial charge in [-0.3, -0.25) is 4.79 Å². The Morgan fingerprint density at radius 1 is 1.04 bits per heavy atom. The molecule has 0 spiro atoms. The van der Waals surface area contributed by atoms with Gasteiger partial charge in [-0.15, -0.1) is 0 Å². The molecule has 1 amide bonds. The second-order valence-corrected chi connectivity index (χ2v) is 4.99. The van der Waals surface area contributed by atoms with Crippen molar-refractivity contribution in [2.45, 2.75) is 13.3 Å². The zero-order valence-corrected chi connectivity index (χ0v) is 13.3. The van der Waals surface area contributed by atoms with Gasteiger partial charge in [-0.25, -0.2) is 9.18 Å². The molecule has 0 radical (unpaired) electrons. The third-order valence-electron chi connectivity index (χ3n) is 3.04. The molecule has 0 bridgehead atoms. The fraction of sp³-hybridized carbons (Fsp3) is 0.222. The van der Waals surface area contributed by atoms with Gasteiger partial charge in [0.05, 0.1) is 6.61 Å². The van der Waals surface area contributed by atoms with Crippen molar-refractivity contribution < 1.29 is 23.5 Å². The fourth-order valence-electron chi connectivity index (χ4n) is 1.84. The van der Waals surface area contributed by atoms with E-state index in [9.17, 15) is 14.0 Å². The van der Waals surface area contributed by atoms with Crippen molar-refractivity contribution in [3.63, 3.8) is 0 Å². The van der Waals surface area contributed by atoms with E-state index in [0.717, 1.165) is 6.42 Å². The maximum atomic E-state index is 12.8. The highest BCUT2D eigenvalue weighted by Crippen LogP contribution is 2.15. The normalized spacial score (nSPS) is 10.1. The molecule has 2 rings (SSSR count). The molecule has 0 aromatic heterocycles. The number of carbonyl (C=O) groups excluding carboxylic acids is 2. The Morgan fingerprint density at radius 2 is 1.71 bits per heavy atom. The van der Waals surface area contributed by atoms with Crippen LogP contribution < -0.4 is 10.1 Å². The molecule has 1 N–H and O–H groups in total. The lowest BCUT2D eigenvalue weighted by molar-refractivity contribution is -0.146. The van der Waals surface area contributed by atoms with E-state index in [0.29, 0.717) is 23.6 Å². The molecule has 0 unspecified atom stereocenters. The summed E-state index contributed by atoms with van der Waals surface area (Å²) in [5, 5.41) is 2.66. The largest absolute Gasteiger partial charge is 0.482 e. The van der Waals surface area contributed by atoms with Crippen LogP contribution in [0, 0.1) is 5.82 Å². The Morgan fingerprint density at radius 3 is 2.33 bits per heavy atom. The van der Waals surface area contributed by atoms with Gasteiger partial charge in [0.2, 0.25) is 0 Å². The van der Waals surface area contributed by atoms with Gasteiger partial charge < -0.3 is 14.8 Å². The van der Waals surface area contributed by atoms with Crippen molar-refractivity contribution in [1.82, 2.24) is 0 Å². The van der Waals surface area contributed by atoms with E-state index in [1.807, 2.05) is 6.92 Å². The highest BCUT2D eigenvalue weighted by Gasteiger charge is 2.08. The van der Waals surface area contributed by atoms with Crippen LogP contribution in [0.2, 0.25) is 0 Å². The van der Waals surface area contributed by atoms with E-state index >= 15 is 0 Å². The summed E-state index contributed by atoms with van der Waals surface area (Å²) in [4.78, 5) is 23.4. The number of esters is 1. The van der Waals surface area contributed by atoms with E-state index in [1.165, 1.54) is 24.3 Å². The third-order valence-corrected chi connectivity index (χ3v) is 3.04. The van der Waals surface area contributed by atoms with Crippen molar-refractivity contribution in [1.29, 1.82) is 0 Å². The van der Waals surface area contributed by atoms with Gasteiger partial charge >= 0.3 is 5.97 Å². The smallest absolute Gasteiger partial charge is 0.344 e. The second-order valence-electron chi connectivity index (χ2n) is 4.99. The molecule has 0 saturated carbocycles. The fourth-order valence-corrected chi connectivity index (χ4v) is 1.84. The van der Waals surface area contributed by atoms with Gasteiger partial charge in [0.15, 0.2) is 6.61 Å². The second kappa shape index (κ2) is 8.67. The number of hydrogen-bond donors (Lipinski definition) is 1. The Balaban J connectivity index is 1.87. The van der Waals surface area contributed by atoms with Crippen LogP contribution in [0.25, 0.3) is 0 Å². The lowest BCUT2D eigenvalue weighted by Crippen LogP contribution is -2.15. The minimum atomic E-state index is -0.435. The summed E-state index contributed by atoms with van der Waals surface area (Å²) in [5.74, 6) is -0.667. The van der Waals surface area contributed by atoms with E-state index in [1.54, 1.807) is 24.3 Å². The van der Waals surface area contributed by atoms with E-state index in [4.69, 9.17) is 9.47 Å². The first kappa shape index (κ1) is 17.5. The van der Waals surface area contributed by atoms with Crippen LogP contribution in [0.15, 0.2) is 48.5 Å². The summed E-state index contributed by atoms with van der Waals surface area (Å²) < 4.78 is 23.0. The summed E-state index contributed by atoms with van der Waals surface area (Å²) in [6, 6.07) is 11.8. The molecular formula is C18H18FNO4. The molecule has 126 valence electrons. The molecule has 0 saturated heterocycles. The average molecular weight is 331 g/mol. The number of hydrogen-bond acceptors (Lipinski definition) is 4. The number of halogens is 1. The minimum Gasteiger partial charge on any atom is -0.482 e. The molecule has 0 atom stereocenters. The number of nitrogens with one attached hydrogen (secondary N) is 1. The summed E-state index contributed by atoms with van der Waals surface area (Å²) in [6.07, 6.45) is 0.754. The zero-order valence-electron chi connectivity index (χ0n) is 13.3. The van der Waals surface area contributed by atoms with Crippen molar-refractivity contribution in [2.24, 2.45) is 0 Å². The molecule has 0 heterocycles. The topological polar surface area (TPSA) is 64.6 Å². The summed E-state index contributed by atoms with van der Waals surface area (Å²) in [5.41, 5.74) is 0.917. The minimum absolute atomic E-state index is 0.179. The number of ether oxygens (including phenoxy) is 2. The number of benzene rings is 2. The Hall–Kier alpha value is -2.89. The standard InChI is InChI=1S/C18H18FNO4/c1-2-11-23-17(21)12-24-16-9-3-13(4-10-16)18(22)20-15-7-5-14(19)6-8-15/h3-10H,2,11-12H2,1H3,(H,20,22). The molecule has 0 aliphatic heterocycles. The first-order valence-electron chi connectivity index (χ1n) is 7.54. The van der Waals surface area contributed by atoms with Gasteiger partial charge in [-0.05, 0) is 55.0 Å². The zero-order chi connectivity index (χ0) is 17.4. The van der Waals surface area contributed by atoms with Crippen LogP contribution in [0.5, 0.6) is 5.75 Å². The van der Waals surface area contributed by atoms with Crippen LogP contribution in [0.4, 0.5) is 10.1 Å². The Kier molecular flexibility index (Phi) is 6.31. The number of amides is 1. The van der Waals surface area contributed by atoms with Crippen LogP contribution >= 0.6 is 0 Å². The maximum Gasteiger partial charge on any atom is 0.344 e. The molecule has 5 nitrogen and oxygen atoms in total. The Labute approximate surface area is 139 Å². The van der Waals surface area contributed by atoms with Crippen molar-refractivity contribution in [2.75, 3.05) is 18.5 Å². The molecule has 2 aromatic carbocycles. The van der Waals surface area contributed by atoms with Crippen molar-refractivity contribution in [3.8, 4) is 5.75 Å². The molecule has 0 fully saturated rings. The molecule has 0 aliphatic rings. The van der Waals surface area contributed by atoms with Crippen LogP contribution in [0.1, 0.15) is 23.7 Å². The van der Waals surface area contributed by atoms with Gasteiger partial charge in [0.25, 0.3) is 5.91 Å². The van der Waals surface area contributed by atoms with Gasteiger partial charge in [0, 0.05) is 11.3 Å².